The summed E-state index contributed by atoms with van der Waals surface area (Å²) in [5.74, 6) is 0.183. The second kappa shape index (κ2) is 8.88. The van der Waals surface area contributed by atoms with E-state index in [1.165, 1.54) is 0 Å². The molecular formula is C20H21ClN2O4. The molecule has 1 heterocycles. The van der Waals surface area contributed by atoms with Crippen LogP contribution in [0.15, 0.2) is 42.5 Å². The molecule has 0 aliphatic carbocycles. The lowest BCUT2D eigenvalue weighted by molar-refractivity contribution is -0.126. The third kappa shape index (κ3) is 4.99. The molecule has 0 spiro atoms. The molecule has 2 aromatic rings. The number of ether oxygens (including phenoxy) is 2. The fourth-order valence-electron chi connectivity index (χ4n) is 2.87. The Morgan fingerprint density at radius 3 is 2.74 bits per heavy atom. The van der Waals surface area contributed by atoms with Gasteiger partial charge >= 0.3 is 0 Å². The molecule has 0 saturated carbocycles. The molecule has 1 aliphatic rings. The van der Waals surface area contributed by atoms with Crippen LogP contribution in [0.25, 0.3) is 0 Å². The maximum atomic E-state index is 12.4. The van der Waals surface area contributed by atoms with Crippen molar-refractivity contribution in [1.29, 1.82) is 0 Å². The van der Waals surface area contributed by atoms with E-state index in [-0.39, 0.29) is 17.7 Å². The van der Waals surface area contributed by atoms with Crippen LogP contribution in [-0.4, -0.2) is 38.7 Å². The minimum atomic E-state index is -0.267. The summed E-state index contributed by atoms with van der Waals surface area (Å²) in [5.41, 5.74) is 2.06. The van der Waals surface area contributed by atoms with Gasteiger partial charge in [-0.25, -0.2) is 0 Å². The molecule has 0 unspecified atom stereocenters. The summed E-state index contributed by atoms with van der Waals surface area (Å²) in [7, 11) is 1.59. The average Bonchev–Trinajstić information content (AvgIpc) is 2.68. The van der Waals surface area contributed by atoms with E-state index in [9.17, 15) is 9.59 Å². The fraction of sp³-hybridized carbons (Fsp3) is 0.300. The molecule has 0 fully saturated rings. The van der Waals surface area contributed by atoms with E-state index in [1.807, 2.05) is 12.1 Å². The summed E-state index contributed by atoms with van der Waals surface area (Å²) in [6.45, 7) is 1.27. The van der Waals surface area contributed by atoms with E-state index in [4.69, 9.17) is 21.1 Å². The van der Waals surface area contributed by atoms with Crippen molar-refractivity contribution in [2.75, 3.05) is 32.2 Å². The normalized spacial score (nSPS) is 15.4. The number of hydrogen-bond acceptors (Lipinski definition) is 4. The molecular weight excluding hydrogens is 368 g/mol. The number of amides is 2. The van der Waals surface area contributed by atoms with Crippen molar-refractivity contribution >= 4 is 29.1 Å². The van der Waals surface area contributed by atoms with Gasteiger partial charge in [0.05, 0.1) is 12.5 Å². The number of carbonyl (C=O) groups excluding carboxylic acids is 2. The molecule has 0 aromatic heterocycles. The lowest BCUT2D eigenvalue weighted by Crippen LogP contribution is -2.38. The molecule has 0 saturated heterocycles. The SMILES string of the molecule is COCCNC(=O)[C@H]1COc2ccc(NC(=O)c3ccc(Cl)cc3)cc2C1. The lowest BCUT2D eigenvalue weighted by atomic mass is 9.95. The van der Waals surface area contributed by atoms with E-state index in [1.54, 1.807) is 37.4 Å². The topological polar surface area (TPSA) is 76.7 Å². The number of hydrogen-bond donors (Lipinski definition) is 2. The van der Waals surface area contributed by atoms with Crippen molar-refractivity contribution in [1.82, 2.24) is 5.32 Å². The third-order valence-electron chi connectivity index (χ3n) is 4.31. The van der Waals surface area contributed by atoms with Gasteiger partial charge in [0, 0.05) is 29.9 Å². The average molecular weight is 389 g/mol. The van der Waals surface area contributed by atoms with Gasteiger partial charge in [0.15, 0.2) is 0 Å². The van der Waals surface area contributed by atoms with Crippen molar-refractivity contribution in [3.8, 4) is 5.75 Å². The van der Waals surface area contributed by atoms with Gasteiger partial charge in [-0.2, -0.15) is 0 Å². The van der Waals surface area contributed by atoms with Crippen LogP contribution in [0.5, 0.6) is 5.75 Å². The van der Waals surface area contributed by atoms with Crippen LogP contribution in [0, 0.1) is 5.92 Å². The monoisotopic (exact) mass is 388 g/mol. The van der Waals surface area contributed by atoms with Crippen LogP contribution in [0.3, 0.4) is 0 Å². The zero-order valence-corrected chi connectivity index (χ0v) is 15.7. The molecule has 7 heteroatoms. The van der Waals surface area contributed by atoms with Crippen LogP contribution < -0.4 is 15.4 Å². The zero-order valence-electron chi connectivity index (χ0n) is 15.0. The number of nitrogens with one attached hydrogen (secondary N) is 2. The Labute approximate surface area is 162 Å². The van der Waals surface area contributed by atoms with Crippen LogP contribution >= 0.6 is 11.6 Å². The van der Waals surface area contributed by atoms with Gasteiger partial charge in [0.2, 0.25) is 5.91 Å². The molecule has 27 heavy (non-hydrogen) atoms. The second-order valence-corrected chi connectivity index (χ2v) is 6.72. The predicted molar refractivity (Wildman–Crippen MR) is 103 cm³/mol. The van der Waals surface area contributed by atoms with Crippen LogP contribution in [0.1, 0.15) is 15.9 Å². The quantitative estimate of drug-likeness (QED) is 0.746. The third-order valence-corrected chi connectivity index (χ3v) is 4.56. The number of carbonyl (C=O) groups is 2. The van der Waals surface area contributed by atoms with Gasteiger partial charge in [-0.15, -0.1) is 0 Å². The zero-order chi connectivity index (χ0) is 19.2. The van der Waals surface area contributed by atoms with E-state index >= 15 is 0 Å². The van der Waals surface area contributed by atoms with Crippen molar-refractivity contribution in [3.05, 3.63) is 58.6 Å². The van der Waals surface area contributed by atoms with E-state index in [0.29, 0.717) is 42.5 Å². The Morgan fingerprint density at radius 1 is 1.22 bits per heavy atom. The molecule has 1 atom stereocenters. The summed E-state index contributed by atoms with van der Waals surface area (Å²) in [5, 5.41) is 6.27. The van der Waals surface area contributed by atoms with Crippen molar-refractivity contribution in [2.24, 2.45) is 5.92 Å². The summed E-state index contributed by atoms with van der Waals surface area (Å²) in [4.78, 5) is 24.6. The highest BCUT2D eigenvalue weighted by Crippen LogP contribution is 2.30. The van der Waals surface area contributed by atoms with Gasteiger partial charge in [-0.3, -0.25) is 9.59 Å². The number of fused-ring (bicyclic) bond motifs is 1. The Kier molecular flexibility index (Phi) is 6.32. The van der Waals surface area contributed by atoms with Crippen LogP contribution in [0.2, 0.25) is 5.02 Å². The van der Waals surface area contributed by atoms with Gasteiger partial charge in [0.1, 0.15) is 12.4 Å². The van der Waals surface area contributed by atoms with Gasteiger partial charge in [-0.05, 0) is 54.4 Å². The highest BCUT2D eigenvalue weighted by atomic mass is 35.5. The summed E-state index contributed by atoms with van der Waals surface area (Å²) in [6, 6.07) is 12.1. The van der Waals surface area contributed by atoms with E-state index in [2.05, 4.69) is 10.6 Å². The standard InChI is InChI=1S/C20H21ClN2O4/c1-26-9-8-22-19(24)15-10-14-11-17(6-7-18(14)27-12-15)23-20(25)13-2-4-16(21)5-3-13/h2-7,11,15H,8-10,12H2,1H3,(H,22,24)(H,23,25)/t15-/m1/s1. The number of benzene rings is 2. The Balaban J connectivity index is 1.65. The molecule has 6 nitrogen and oxygen atoms in total. The first-order valence-corrected chi connectivity index (χ1v) is 9.04. The molecule has 0 bridgehead atoms. The molecule has 3 rings (SSSR count). The van der Waals surface area contributed by atoms with E-state index in [0.717, 1.165) is 11.3 Å². The first-order chi connectivity index (χ1) is 13.1. The largest absolute Gasteiger partial charge is 0.492 e. The highest BCUT2D eigenvalue weighted by Gasteiger charge is 2.26. The predicted octanol–water partition coefficient (Wildman–Crippen LogP) is 2.91. The summed E-state index contributed by atoms with van der Waals surface area (Å²) in [6.07, 6.45) is 0.554. The summed E-state index contributed by atoms with van der Waals surface area (Å²) >= 11 is 5.85. The molecule has 142 valence electrons. The van der Waals surface area contributed by atoms with Crippen molar-refractivity contribution in [3.63, 3.8) is 0 Å². The maximum absolute atomic E-state index is 12.4. The number of halogens is 1. The van der Waals surface area contributed by atoms with Crippen LogP contribution in [-0.2, 0) is 16.0 Å². The van der Waals surface area contributed by atoms with Gasteiger partial charge < -0.3 is 20.1 Å². The minimum Gasteiger partial charge on any atom is -0.492 e. The number of methoxy groups -OCH3 is 1. The Hall–Kier alpha value is -2.57. The minimum absolute atomic E-state index is 0.0618. The Bertz CT molecular complexity index is 823. The molecule has 2 amide bonds. The smallest absolute Gasteiger partial charge is 0.255 e. The highest BCUT2D eigenvalue weighted by molar-refractivity contribution is 6.30. The maximum Gasteiger partial charge on any atom is 0.255 e. The molecule has 2 N–H and O–H groups in total. The fourth-order valence-corrected chi connectivity index (χ4v) is 2.99. The molecule has 1 aliphatic heterocycles. The van der Waals surface area contributed by atoms with Crippen molar-refractivity contribution in [2.45, 2.75) is 6.42 Å². The summed E-state index contributed by atoms with van der Waals surface area (Å²) < 4.78 is 10.6. The van der Waals surface area contributed by atoms with Gasteiger partial charge in [-0.1, -0.05) is 11.6 Å². The lowest BCUT2D eigenvalue weighted by Gasteiger charge is -2.25. The van der Waals surface area contributed by atoms with E-state index < -0.39 is 0 Å². The Morgan fingerprint density at radius 2 is 2.00 bits per heavy atom. The first kappa shape index (κ1) is 19.2. The molecule has 2 aromatic carbocycles. The number of anilines is 1. The van der Waals surface area contributed by atoms with Gasteiger partial charge in [0.25, 0.3) is 5.91 Å². The second-order valence-electron chi connectivity index (χ2n) is 6.28. The van der Waals surface area contributed by atoms with Crippen LogP contribution in [0.4, 0.5) is 5.69 Å². The number of rotatable bonds is 6. The van der Waals surface area contributed by atoms with Crippen molar-refractivity contribution < 1.29 is 19.1 Å². The first-order valence-electron chi connectivity index (χ1n) is 8.66. The molecule has 0 radical (unpaired) electrons.